The highest BCUT2D eigenvalue weighted by Gasteiger charge is 2.31. The maximum absolute atomic E-state index is 12.9. The fourth-order valence-corrected chi connectivity index (χ4v) is 3.92. The van der Waals surface area contributed by atoms with Crippen LogP contribution < -0.4 is 5.32 Å². The summed E-state index contributed by atoms with van der Waals surface area (Å²) in [7, 11) is 0. The third-order valence-corrected chi connectivity index (χ3v) is 5.37. The summed E-state index contributed by atoms with van der Waals surface area (Å²) in [6.45, 7) is 1.82. The topological polar surface area (TPSA) is 67.3 Å². The van der Waals surface area contributed by atoms with Gasteiger partial charge in [-0.15, -0.1) is 0 Å². The van der Waals surface area contributed by atoms with Gasteiger partial charge in [0, 0.05) is 18.7 Å². The van der Waals surface area contributed by atoms with E-state index in [1.165, 1.54) is 19.3 Å². The van der Waals surface area contributed by atoms with Crippen LogP contribution in [0.25, 0.3) is 0 Å². The molecular formula is C21H26N4O2. The van der Waals surface area contributed by atoms with E-state index in [2.05, 4.69) is 10.3 Å². The van der Waals surface area contributed by atoms with Gasteiger partial charge in [-0.05, 0) is 37.1 Å². The largest absolute Gasteiger partial charge is 0.368 e. The number of carbonyl (C=O) groups is 1. The number of aromatic nitrogens is 2. The Morgan fingerprint density at radius 2 is 2.04 bits per heavy atom. The first-order valence-electron chi connectivity index (χ1n) is 9.84. The maximum atomic E-state index is 12.9. The number of morpholine rings is 1. The first-order valence-corrected chi connectivity index (χ1v) is 9.84. The average Bonchev–Trinajstić information content (AvgIpc) is 2.75. The van der Waals surface area contributed by atoms with Crippen molar-refractivity contribution in [2.75, 3.05) is 25.0 Å². The van der Waals surface area contributed by atoms with Crippen molar-refractivity contribution >= 4 is 17.4 Å². The molecule has 0 spiro atoms. The van der Waals surface area contributed by atoms with Crippen LogP contribution in [0, 0.1) is 5.92 Å². The van der Waals surface area contributed by atoms with E-state index < -0.39 is 0 Å². The summed E-state index contributed by atoms with van der Waals surface area (Å²) < 4.78 is 5.94. The molecule has 6 nitrogen and oxygen atoms in total. The summed E-state index contributed by atoms with van der Waals surface area (Å²) in [5, 5.41) is 3.26. The van der Waals surface area contributed by atoms with Gasteiger partial charge in [0.15, 0.2) is 0 Å². The molecule has 2 aromatic heterocycles. The molecule has 4 rings (SSSR count). The van der Waals surface area contributed by atoms with Crippen molar-refractivity contribution in [3.8, 4) is 0 Å². The van der Waals surface area contributed by atoms with Gasteiger partial charge in [-0.25, -0.2) is 4.98 Å². The van der Waals surface area contributed by atoms with E-state index in [9.17, 15) is 4.79 Å². The summed E-state index contributed by atoms with van der Waals surface area (Å²) >= 11 is 0. The second-order valence-electron chi connectivity index (χ2n) is 7.29. The van der Waals surface area contributed by atoms with Gasteiger partial charge in [-0.2, -0.15) is 0 Å². The normalized spacial score (nSPS) is 21.0. The minimum Gasteiger partial charge on any atom is -0.368 e. The Hall–Kier alpha value is -2.47. The van der Waals surface area contributed by atoms with Crippen molar-refractivity contribution < 1.29 is 9.53 Å². The summed E-state index contributed by atoms with van der Waals surface area (Å²) in [5.74, 6) is 1.25. The van der Waals surface area contributed by atoms with Crippen LogP contribution in [-0.4, -0.2) is 40.5 Å². The Kier molecular flexibility index (Phi) is 5.63. The predicted octanol–water partition coefficient (Wildman–Crippen LogP) is 3.70. The lowest BCUT2D eigenvalue weighted by Crippen LogP contribution is -2.45. The molecule has 1 unspecified atom stereocenters. The van der Waals surface area contributed by atoms with Gasteiger partial charge in [0.05, 0.1) is 30.7 Å². The zero-order chi connectivity index (χ0) is 18.5. The highest BCUT2D eigenvalue weighted by molar-refractivity contribution is 5.79. The van der Waals surface area contributed by atoms with Gasteiger partial charge < -0.3 is 15.0 Å². The van der Waals surface area contributed by atoms with Crippen LogP contribution in [0.15, 0.2) is 42.7 Å². The molecule has 1 amide bonds. The minimum atomic E-state index is -0.179. The molecule has 27 heavy (non-hydrogen) atoms. The molecule has 2 fully saturated rings. The summed E-state index contributed by atoms with van der Waals surface area (Å²) in [4.78, 5) is 23.7. The third kappa shape index (κ3) is 4.45. The average molecular weight is 366 g/mol. The number of rotatable bonds is 4. The molecule has 0 bridgehead atoms. The van der Waals surface area contributed by atoms with Gasteiger partial charge in [0.25, 0.3) is 0 Å². The number of hydrogen-bond donors (Lipinski definition) is 1. The van der Waals surface area contributed by atoms with E-state index in [4.69, 9.17) is 9.72 Å². The number of ether oxygens (including phenoxy) is 1. The second-order valence-corrected chi connectivity index (χ2v) is 7.29. The monoisotopic (exact) mass is 366 g/mol. The number of pyridine rings is 2. The molecule has 142 valence electrons. The zero-order valence-corrected chi connectivity index (χ0v) is 15.5. The van der Waals surface area contributed by atoms with Crippen molar-refractivity contribution in [1.29, 1.82) is 0 Å². The standard InChI is InChI=1S/C21H26N4O2/c26-21(16-6-2-1-3-7-16)25-12-13-27-19(15-25)18-9-4-10-20(24-18)23-17-8-5-11-22-14-17/h4-5,8-11,14,16,19H,1-3,6-7,12-13,15H2,(H,23,24). The molecular weight excluding hydrogens is 340 g/mol. The first kappa shape index (κ1) is 17.9. The van der Waals surface area contributed by atoms with Gasteiger partial charge >= 0.3 is 0 Å². The van der Waals surface area contributed by atoms with E-state index in [0.717, 1.165) is 30.0 Å². The fourth-order valence-electron chi connectivity index (χ4n) is 3.92. The van der Waals surface area contributed by atoms with E-state index in [1.807, 2.05) is 35.2 Å². The minimum absolute atomic E-state index is 0.179. The highest BCUT2D eigenvalue weighted by atomic mass is 16.5. The molecule has 1 atom stereocenters. The van der Waals surface area contributed by atoms with Crippen LogP contribution >= 0.6 is 0 Å². The van der Waals surface area contributed by atoms with Gasteiger partial charge in [-0.1, -0.05) is 25.3 Å². The lowest BCUT2D eigenvalue weighted by molar-refractivity contribution is -0.144. The number of amides is 1. The van der Waals surface area contributed by atoms with Gasteiger partial charge in [0.1, 0.15) is 11.9 Å². The molecule has 1 saturated heterocycles. The molecule has 1 aliphatic heterocycles. The quantitative estimate of drug-likeness (QED) is 0.894. The predicted molar refractivity (Wildman–Crippen MR) is 104 cm³/mol. The molecule has 3 heterocycles. The van der Waals surface area contributed by atoms with Crippen molar-refractivity contribution in [3.63, 3.8) is 0 Å². The van der Waals surface area contributed by atoms with E-state index in [1.54, 1.807) is 12.4 Å². The van der Waals surface area contributed by atoms with Crippen molar-refractivity contribution in [2.45, 2.75) is 38.2 Å². The molecule has 1 N–H and O–H groups in total. The molecule has 1 saturated carbocycles. The number of anilines is 2. The van der Waals surface area contributed by atoms with Crippen LogP contribution in [0.2, 0.25) is 0 Å². The SMILES string of the molecule is O=C(C1CCCCC1)N1CCOC(c2cccc(Nc3cccnc3)n2)C1. The van der Waals surface area contributed by atoms with Crippen LogP contribution in [0.4, 0.5) is 11.5 Å². The molecule has 2 aromatic rings. The number of hydrogen-bond acceptors (Lipinski definition) is 5. The Morgan fingerprint density at radius 3 is 2.85 bits per heavy atom. The fraction of sp³-hybridized carbons (Fsp3) is 0.476. The van der Waals surface area contributed by atoms with Gasteiger partial charge in [-0.3, -0.25) is 9.78 Å². The smallest absolute Gasteiger partial charge is 0.225 e. The summed E-state index contributed by atoms with van der Waals surface area (Å²) in [5.41, 5.74) is 1.74. The molecule has 2 aliphatic rings. The Balaban J connectivity index is 1.43. The number of nitrogens with zero attached hydrogens (tertiary/aromatic N) is 3. The van der Waals surface area contributed by atoms with Crippen LogP contribution in [0.1, 0.15) is 43.9 Å². The van der Waals surface area contributed by atoms with Crippen molar-refractivity contribution in [2.24, 2.45) is 5.92 Å². The Labute approximate surface area is 160 Å². The highest BCUT2D eigenvalue weighted by Crippen LogP contribution is 2.28. The number of carbonyl (C=O) groups excluding carboxylic acids is 1. The van der Waals surface area contributed by atoms with Crippen molar-refractivity contribution in [1.82, 2.24) is 14.9 Å². The summed E-state index contributed by atoms with van der Waals surface area (Å²) in [6, 6.07) is 9.68. The Bertz CT molecular complexity index is 762. The van der Waals surface area contributed by atoms with E-state index >= 15 is 0 Å². The lowest BCUT2D eigenvalue weighted by atomic mass is 9.88. The Morgan fingerprint density at radius 1 is 1.15 bits per heavy atom. The molecule has 1 aliphatic carbocycles. The first-order chi connectivity index (χ1) is 13.3. The van der Waals surface area contributed by atoms with Gasteiger partial charge in [0.2, 0.25) is 5.91 Å². The van der Waals surface area contributed by atoms with Crippen molar-refractivity contribution in [3.05, 3.63) is 48.4 Å². The van der Waals surface area contributed by atoms with E-state index in [0.29, 0.717) is 25.6 Å². The van der Waals surface area contributed by atoms with Crippen LogP contribution in [0.3, 0.4) is 0 Å². The van der Waals surface area contributed by atoms with Crippen LogP contribution in [-0.2, 0) is 9.53 Å². The second kappa shape index (κ2) is 8.48. The number of nitrogens with one attached hydrogen (secondary N) is 1. The lowest BCUT2D eigenvalue weighted by Gasteiger charge is -2.35. The summed E-state index contributed by atoms with van der Waals surface area (Å²) in [6.07, 6.45) is 8.99. The molecule has 6 heteroatoms. The molecule has 0 radical (unpaired) electrons. The zero-order valence-electron chi connectivity index (χ0n) is 15.5. The maximum Gasteiger partial charge on any atom is 0.225 e. The van der Waals surface area contributed by atoms with Crippen LogP contribution in [0.5, 0.6) is 0 Å². The molecule has 0 aromatic carbocycles. The third-order valence-electron chi connectivity index (χ3n) is 5.37. The van der Waals surface area contributed by atoms with E-state index in [-0.39, 0.29) is 12.0 Å².